The van der Waals surface area contributed by atoms with Crippen LogP contribution in [0.15, 0.2) is 24.3 Å². The standard InChI is InChI=1S/C16H21NO2/c1-2-3-4-13-11-5-6-12(9-11)14(13)10-17-15(18)7-8-16(17)19/h5-8,11-14H,2-4,9-10H2,1H3. The first-order chi connectivity index (χ1) is 9.20. The van der Waals surface area contributed by atoms with Crippen LogP contribution in [0.3, 0.4) is 0 Å². The van der Waals surface area contributed by atoms with Crippen molar-refractivity contribution in [2.45, 2.75) is 32.6 Å². The predicted molar refractivity (Wildman–Crippen MR) is 73.1 cm³/mol. The molecule has 0 aromatic heterocycles. The fourth-order valence-electron chi connectivity index (χ4n) is 3.99. The molecule has 4 unspecified atom stereocenters. The minimum atomic E-state index is -0.133. The molecule has 2 amide bonds. The lowest BCUT2D eigenvalue weighted by molar-refractivity contribution is -0.137. The van der Waals surface area contributed by atoms with E-state index >= 15 is 0 Å². The Hall–Kier alpha value is -1.38. The molecule has 3 rings (SSSR count). The number of imide groups is 1. The maximum atomic E-state index is 11.7. The van der Waals surface area contributed by atoms with Crippen molar-refractivity contribution in [3.63, 3.8) is 0 Å². The lowest BCUT2D eigenvalue weighted by Gasteiger charge is -2.30. The van der Waals surface area contributed by atoms with Gasteiger partial charge in [0.15, 0.2) is 0 Å². The molecule has 0 radical (unpaired) electrons. The van der Waals surface area contributed by atoms with Crippen LogP contribution in [0.5, 0.6) is 0 Å². The van der Waals surface area contributed by atoms with Gasteiger partial charge in [-0.2, -0.15) is 0 Å². The van der Waals surface area contributed by atoms with E-state index in [1.807, 2.05) is 0 Å². The lowest BCUT2D eigenvalue weighted by atomic mass is 9.79. The van der Waals surface area contributed by atoms with E-state index in [-0.39, 0.29) is 11.8 Å². The Labute approximate surface area is 114 Å². The maximum absolute atomic E-state index is 11.7. The number of carbonyl (C=O) groups excluding carboxylic acids is 2. The summed E-state index contributed by atoms with van der Waals surface area (Å²) >= 11 is 0. The molecule has 2 bridgehead atoms. The number of carbonyl (C=O) groups is 2. The number of rotatable bonds is 5. The second-order valence-corrected chi connectivity index (χ2v) is 6.04. The summed E-state index contributed by atoms with van der Waals surface area (Å²) in [6, 6.07) is 0. The number of fused-ring (bicyclic) bond motifs is 2. The highest BCUT2D eigenvalue weighted by Crippen LogP contribution is 2.50. The molecule has 0 aromatic carbocycles. The number of hydrogen-bond acceptors (Lipinski definition) is 2. The Kier molecular flexibility index (Phi) is 3.29. The number of unbranched alkanes of at least 4 members (excludes halogenated alkanes) is 1. The van der Waals surface area contributed by atoms with E-state index in [1.54, 1.807) is 0 Å². The van der Waals surface area contributed by atoms with Crippen molar-refractivity contribution >= 4 is 11.8 Å². The van der Waals surface area contributed by atoms with Crippen LogP contribution in [-0.2, 0) is 9.59 Å². The molecule has 4 atom stereocenters. The van der Waals surface area contributed by atoms with Gasteiger partial charge in [0.25, 0.3) is 11.8 Å². The summed E-state index contributed by atoms with van der Waals surface area (Å²) in [4.78, 5) is 24.8. The molecular formula is C16H21NO2. The number of hydrogen-bond donors (Lipinski definition) is 0. The molecule has 2 aliphatic carbocycles. The van der Waals surface area contributed by atoms with Crippen LogP contribution < -0.4 is 0 Å². The molecule has 1 aliphatic heterocycles. The molecule has 1 fully saturated rings. The summed E-state index contributed by atoms with van der Waals surface area (Å²) in [5.41, 5.74) is 0. The highest BCUT2D eigenvalue weighted by Gasteiger charge is 2.45. The highest BCUT2D eigenvalue weighted by molar-refractivity contribution is 6.12. The van der Waals surface area contributed by atoms with Crippen LogP contribution in [0.25, 0.3) is 0 Å². The fourth-order valence-corrected chi connectivity index (χ4v) is 3.99. The monoisotopic (exact) mass is 259 g/mol. The van der Waals surface area contributed by atoms with Crippen LogP contribution in [0.1, 0.15) is 32.6 Å². The maximum Gasteiger partial charge on any atom is 0.253 e. The van der Waals surface area contributed by atoms with Crippen LogP contribution in [0.4, 0.5) is 0 Å². The Morgan fingerprint density at radius 2 is 1.74 bits per heavy atom. The van der Waals surface area contributed by atoms with E-state index in [0.717, 1.165) is 0 Å². The van der Waals surface area contributed by atoms with E-state index in [2.05, 4.69) is 19.1 Å². The number of allylic oxidation sites excluding steroid dienone is 2. The molecule has 3 heteroatoms. The number of nitrogens with zero attached hydrogens (tertiary/aromatic N) is 1. The van der Waals surface area contributed by atoms with Crippen LogP contribution in [-0.4, -0.2) is 23.3 Å². The Balaban J connectivity index is 1.70. The molecule has 102 valence electrons. The largest absolute Gasteiger partial charge is 0.275 e. The van der Waals surface area contributed by atoms with Gasteiger partial charge in [-0.1, -0.05) is 31.9 Å². The van der Waals surface area contributed by atoms with Crippen molar-refractivity contribution < 1.29 is 9.59 Å². The van der Waals surface area contributed by atoms with Crippen molar-refractivity contribution in [1.29, 1.82) is 0 Å². The summed E-state index contributed by atoms with van der Waals surface area (Å²) in [5.74, 6) is 2.14. The second kappa shape index (κ2) is 4.95. The summed E-state index contributed by atoms with van der Waals surface area (Å²) in [7, 11) is 0. The third kappa shape index (κ3) is 2.15. The third-order valence-corrected chi connectivity index (χ3v) is 4.98. The zero-order valence-corrected chi connectivity index (χ0v) is 11.4. The van der Waals surface area contributed by atoms with E-state index in [0.29, 0.717) is 30.2 Å². The minimum absolute atomic E-state index is 0.133. The topological polar surface area (TPSA) is 37.4 Å². The predicted octanol–water partition coefficient (Wildman–Crippen LogP) is 2.54. The Bertz CT molecular complexity index is 434. The molecule has 3 aliphatic rings. The second-order valence-electron chi connectivity index (χ2n) is 6.04. The molecule has 0 spiro atoms. The summed E-state index contributed by atoms with van der Waals surface area (Å²) < 4.78 is 0. The van der Waals surface area contributed by atoms with Gasteiger partial charge in [-0.3, -0.25) is 14.5 Å². The first-order valence-electron chi connectivity index (χ1n) is 7.42. The molecule has 3 nitrogen and oxygen atoms in total. The molecule has 0 aromatic rings. The van der Waals surface area contributed by atoms with Gasteiger partial charge in [-0.25, -0.2) is 0 Å². The van der Waals surface area contributed by atoms with Crippen molar-refractivity contribution in [2.75, 3.05) is 6.54 Å². The SMILES string of the molecule is CCCCC1C2C=CC(C2)C1CN1C(=O)C=CC1=O. The molecule has 1 heterocycles. The average molecular weight is 259 g/mol. The van der Waals surface area contributed by atoms with Gasteiger partial charge in [0.1, 0.15) is 0 Å². The molecule has 19 heavy (non-hydrogen) atoms. The zero-order valence-electron chi connectivity index (χ0n) is 11.4. The zero-order chi connectivity index (χ0) is 13.4. The molecule has 0 saturated heterocycles. The van der Waals surface area contributed by atoms with Crippen LogP contribution in [0, 0.1) is 23.7 Å². The minimum Gasteiger partial charge on any atom is -0.275 e. The van der Waals surface area contributed by atoms with Crippen molar-refractivity contribution in [3.05, 3.63) is 24.3 Å². The average Bonchev–Trinajstić information content (AvgIpc) is 3.07. The van der Waals surface area contributed by atoms with E-state index in [1.165, 1.54) is 42.7 Å². The van der Waals surface area contributed by atoms with E-state index < -0.39 is 0 Å². The van der Waals surface area contributed by atoms with Gasteiger partial charge >= 0.3 is 0 Å². The summed E-state index contributed by atoms with van der Waals surface area (Å²) in [6.07, 6.45) is 12.4. The van der Waals surface area contributed by atoms with Crippen molar-refractivity contribution in [2.24, 2.45) is 23.7 Å². The van der Waals surface area contributed by atoms with Gasteiger partial charge in [0, 0.05) is 18.7 Å². The first-order valence-corrected chi connectivity index (χ1v) is 7.42. The third-order valence-electron chi connectivity index (χ3n) is 4.98. The van der Waals surface area contributed by atoms with Gasteiger partial charge in [0.05, 0.1) is 0 Å². The Morgan fingerprint density at radius 3 is 2.37 bits per heavy atom. The van der Waals surface area contributed by atoms with Gasteiger partial charge in [-0.05, 0) is 36.5 Å². The van der Waals surface area contributed by atoms with Gasteiger partial charge < -0.3 is 0 Å². The van der Waals surface area contributed by atoms with Crippen LogP contribution in [0.2, 0.25) is 0 Å². The molecular weight excluding hydrogens is 238 g/mol. The summed E-state index contributed by atoms with van der Waals surface area (Å²) in [5, 5.41) is 0. The quantitative estimate of drug-likeness (QED) is 0.562. The van der Waals surface area contributed by atoms with Gasteiger partial charge in [-0.15, -0.1) is 0 Å². The first kappa shape index (κ1) is 12.6. The highest BCUT2D eigenvalue weighted by atomic mass is 16.2. The molecule has 1 saturated carbocycles. The Morgan fingerprint density at radius 1 is 1.11 bits per heavy atom. The van der Waals surface area contributed by atoms with E-state index in [9.17, 15) is 9.59 Å². The lowest BCUT2D eigenvalue weighted by Crippen LogP contribution is -2.38. The molecule has 0 N–H and O–H groups in total. The summed E-state index contributed by atoms with van der Waals surface area (Å²) in [6.45, 7) is 2.83. The fraction of sp³-hybridized carbons (Fsp3) is 0.625. The number of amides is 2. The smallest absolute Gasteiger partial charge is 0.253 e. The normalized spacial score (nSPS) is 35.9. The van der Waals surface area contributed by atoms with E-state index in [4.69, 9.17) is 0 Å². The van der Waals surface area contributed by atoms with Gasteiger partial charge in [0.2, 0.25) is 0 Å². The van der Waals surface area contributed by atoms with Crippen molar-refractivity contribution in [1.82, 2.24) is 4.90 Å². The van der Waals surface area contributed by atoms with Crippen LogP contribution >= 0.6 is 0 Å². The van der Waals surface area contributed by atoms with Crippen molar-refractivity contribution in [3.8, 4) is 0 Å².